The zero-order valence-corrected chi connectivity index (χ0v) is 15.7. The molecule has 1 aromatic heterocycles. The third-order valence-electron chi connectivity index (χ3n) is 4.85. The maximum absolute atomic E-state index is 13.0. The van der Waals surface area contributed by atoms with Gasteiger partial charge >= 0.3 is 0 Å². The first-order valence-corrected chi connectivity index (χ1v) is 9.01. The number of amides is 2. The van der Waals surface area contributed by atoms with Gasteiger partial charge in [-0.25, -0.2) is 4.98 Å². The van der Waals surface area contributed by atoms with E-state index < -0.39 is 0 Å². The standard InChI is InChI=1S/C21H21N5O2/c1-25-11-10-22-20(25)19(14-6-4-3-5-7-14)24-21(28)15-8-9-17-16(12-15)23-18(27)13-26(17)2/h3-12,19H,13H2,1-2H3,(H,23,27)(H,24,28). The topological polar surface area (TPSA) is 79.3 Å². The number of carbonyl (C=O) groups is 2. The molecule has 28 heavy (non-hydrogen) atoms. The first-order valence-electron chi connectivity index (χ1n) is 9.01. The molecule has 1 aliphatic rings. The quantitative estimate of drug-likeness (QED) is 0.734. The van der Waals surface area contributed by atoms with Crippen LogP contribution in [0.5, 0.6) is 0 Å². The number of nitrogens with one attached hydrogen (secondary N) is 2. The van der Waals surface area contributed by atoms with Gasteiger partial charge in [0.2, 0.25) is 5.91 Å². The Morgan fingerprint density at radius 3 is 2.68 bits per heavy atom. The summed E-state index contributed by atoms with van der Waals surface area (Å²) in [6, 6.07) is 14.7. The highest BCUT2D eigenvalue weighted by molar-refractivity contribution is 6.04. The van der Waals surface area contributed by atoms with Crippen LogP contribution >= 0.6 is 0 Å². The van der Waals surface area contributed by atoms with Gasteiger partial charge in [0.15, 0.2) is 0 Å². The zero-order valence-electron chi connectivity index (χ0n) is 15.7. The van der Waals surface area contributed by atoms with Crippen molar-refractivity contribution >= 4 is 23.2 Å². The van der Waals surface area contributed by atoms with E-state index in [2.05, 4.69) is 15.6 Å². The van der Waals surface area contributed by atoms with Gasteiger partial charge in [-0.05, 0) is 23.8 Å². The van der Waals surface area contributed by atoms with E-state index in [9.17, 15) is 9.59 Å². The van der Waals surface area contributed by atoms with Crippen LogP contribution in [0.4, 0.5) is 11.4 Å². The number of rotatable bonds is 4. The number of carbonyl (C=O) groups excluding carboxylic acids is 2. The number of hydrogen-bond acceptors (Lipinski definition) is 4. The van der Waals surface area contributed by atoms with E-state index >= 15 is 0 Å². The summed E-state index contributed by atoms with van der Waals surface area (Å²) in [5.74, 6) is 0.412. The maximum atomic E-state index is 13.0. The van der Waals surface area contributed by atoms with Gasteiger partial charge in [-0.2, -0.15) is 0 Å². The Hall–Kier alpha value is -3.61. The molecule has 0 saturated carbocycles. The second-order valence-corrected chi connectivity index (χ2v) is 6.85. The Kier molecular flexibility index (Phi) is 4.57. The molecule has 2 aromatic carbocycles. The molecular formula is C21H21N5O2. The maximum Gasteiger partial charge on any atom is 0.252 e. The average Bonchev–Trinajstić information content (AvgIpc) is 3.11. The van der Waals surface area contributed by atoms with Gasteiger partial charge in [0.25, 0.3) is 5.91 Å². The van der Waals surface area contributed by atoms with Crippen molar-refractivity contribution in [3.05, 3.63) is 77.9 Å². The summed E-state index contributed by atoms with van der Waals surface area (Å²) in [6.07, 6.45) is 3.56. The molecule has 0 fully saturated rings. The van der Waals surface area contributed by atoms with Crippen LogP contribution in [-0.4, -0.2) is 35.0 Å². The minimum Gasteiger partial charge on any atom is -0.364 e. The number of imidazole rings is 1. The smallest absolute Gasteiger partial charge is 0.252 e. The number of benzene rings is 2. The molecule has 142 valence electrons. The van der Waals surface area contributed by atoms with E-state index in [0.29, 0.717) is 17.8 Å². The second-order valence-electron chi connectivity index (χ2n) is 6.85. The highest BCUT2D eigenvalue weighted by atomic mass is 16.2. The van der Waals surface area contributed by atoms with Crippen molar-refractivity contribution in [3.63, 3.8) is 0 Å². The molecule has 1 aliphatic heterocycles. The highest BCUT2D eigenvalue weighted by Crippen LogP contribution is 2.30. The van der Waals surface area contributed by atoms with Crippen LogP contribution in [0.15, 0.2) is 60.9 Å². The van der Waals surface area contributed by atoms with Gasteiger partial charge in [0.1, 0.15) is 11.9 Å². The van der Waals surface area contributed by atoms with Crippen molar-refractivity contribution in [2.75, 3.05) is 23.8 Å². The number of nitrogens with zero attached hydrogens (tertiary/aromatic N) is 3. The van der Waals surface area contributed by atoms with Gasteiger partial charge in [-0.3, -0.25) is 9.59 Å². The fourth-order valence-corrected chi connectivity index (χ4v) is 3.41. The third-order valence-corrected chi connectivity index (χ3v) is 4.85. The number of anilines is 2. The average molecular weight is 375 g/mol. The Bertz CT molecular complexity index is 1030. The third kappa shape index (κ3) is 3.34. The van der Waals surface area contributed by atoms with Gasteiger partial charge in [0.05, 0.1) is 17.9 Å². The van der Waals surface area contributed by atoms with Gasteiger partial charge in [0, 0.05) is 32.1 Å². The summed E-state index contributed by atoms with van der Waals surface area (Å²) in [7, 11) is 3.75. The first kappa shape index (κ1) is 17.8. The van der Waals surface area contributed by atoms with Gasteiger partial charge in [-0.1, -0.05) is 30.3 Å². The SMILES string of the molecule is CN1CC(=O)Nc2cc(C(=O)NC(c3ccccc3)c3nccn3C)ccc21. The van der Waals surface area contributed by atoms with Crippen molar-refractivity contribution < 1.29 is 9.59 Å². The number of hydrogen-bond donors (Lipinski definition) is 2. The number of likely N-dealkylation sites (N-methyl/N-ethyl adjacent to an activating group) is 1. The van der Waals surface area contributed by atoms with Crippen LogP contribution in [0.25, 0.3) is 0 Å². The molecule has 0 spiro atoms. The summed E-state index contributed by atoms with van der Waals surface area (Å²) in [4.78, 5) is 31.1. The van der Waals surface area contributed by atoms with Crippen LogP contribution in [0, 0.1) is 0 Å². The predicted molar refractivity (Wildman–Crippen MR) is 107 cm³/mol. The van der Waals surface area contributed by atoms with Crippen molar-refractivity contribution in [2.45, 2.75) is 6.04 Å². The summed E-state index contributed by atoms with van der Waals surface area (Å²) >= 11 is 0. The van der Waals surface area contributed by atoms with Crippen LogP contribution in [0.1, 0.15) is 27.8 Å². The molecule has 0 bridgehead atoms. The Labute approximate surface area is 163 Å². The molecule has 0 saturated heterocycles. The molecule has 2 heterocycles. The minimum absolute atomic E-state index is 0.0947. The molecule has 4 rings (SSSR count). The van der Waals surface area contributed by atoms with Crippen LogP contribution in [0.3, 0.4) is 0 Å². The molecule has 0 aliphatic carbocycles. The molecule has 2 N–H and O–H groups in total. The Balaban J connectivity index is 1.65. The first-order chi connectivity index (χ1) is 13.5. The van der Waals surface area contributed by atoms with Gasteiger partial charge < -0.3 is 20.1 Å². The number of fused-ring (bicyclic) bond motifs is 1. The Morgan fingerprint density at radius 1 is 1.18 bits per heavy atom. The van der Waals surface area contributed by atoms with E-state index in [0.717, 1.165) is 17.1 Å². The van der Waals surface area contributed by atoms with Crippen LogP contribution in [0.2, 0.25) is 0 Å². The molecule has 2 amide bonds. The van der Waals surface area contributed by atoms with Gasteiger partial charge in [-0.15, -0.1) is 0 Å². The van der Waals surface area contributed by atoms with Crippen molar-refractivity contribution in [1.29, 1.82) is 0 Å². The lowest BCUT2D eigenvalue weighted by Crippen LogP contribution is -2.36. The molecule has 1 atom stereocenters. The lowest BCUT2D eigenvalue weighted by atomic mass is 10.0. The molecular weight excluding hydrogens is 354 g/mol. The van der Waals surface area contributed by atoms with E-state index in [4.69, 9.17) is 0 Å². The largest absolute Gasteiger partial charge is 0.364 e. The van der Waals surface area contributed by atoms with E-state index in [1.807, 2.05) is 66.2 Å². The fraction of sp³-hybridized carbons (Fsp3) is 0.190. The predicted octanol–water partition coefficient (Wildman–Crippen LogP) is 2.33. The lowest BCUT2D eigenvalue weighted by Gasteiger charge is -2.27. The monoisotopic (exact) mass is 375 g/mol. The lowest BCUT2D eigenvalue weighted by molar-refractivity contribution is -0.115. The molecule has 7 nitrogen and oxygen atoms in total. The summed E-state index contributed by atoms with van der Waals surface area (Å²) in [5, 5.41) is 5.90. The fourth-order valence-electron chi connectivity index (χ4n) is 3.41. The van der Waals surface area contributed by atoms with E-state index in [1.54, 1.807) is 18.3 Å². The molecule has 7 heteroatoms. The number of aromatic nitrogens is 2. The summed E-state index contributed by atoms with van der Waals surface area (Å²) < 4.78 is 1.89. The summed E-state index contributed by atoms with van der Waals surface area (Å²) in [6.45, 7) is 0.299. The van der Waals surface area contributed by atoms with Crippen LogP contribution in [-0.2, 0) is 11.8 Å². The molecule has 3 aromatic rings. The second kappa shape index (κ2) is 7.19. The highest BCUT2D eigenvalue weighted by Gasteiger charge is 2.24. The van der Waals surface area contributed by atoms with Crippen LogP contribution < -0.4 is 15.5 Å². The Morgan fingerprint density at radius 2 is 1.96 bits per heavy atom. The normalized spacial score (nSPS) is 14.2. The van der Waals surface area contributed by atoms with E-state index in [-0.39, 0.29) is 17.9 Å². The van der Waals surface area contributed by atoms with Crippen molar-refractivity contribution in [2.24, 2.45) is 7.05 Å². The minimum atomic E-state index is -0.387. The summed E-state index contributed by atoms with van der Waals surface area (Å²) in [5.41, 5.74) is 2.94. The number of aryl methyl sites for hydroxylation is 1. The molecule has 0 radical (unpaired) electrons. The zero-order chi connectivity index (χ0) is 19.7. The van der Waals surface area contributed by atoms with Crippen molar-refractivity contribution in [1.82, 2.24) is 14.9 Å². The van der Waals surface area contributed by atoms with E-state index in [1.165, 1.54) is 0 Å². The molecule has 1 unspecified atom stereocenters. The van der Waals surface area contributed by atoms with Crippen molar-refractivity contribution in [3.8, 4) is 0 Å².